The maximum absolute atomic E-state index is 12.8. The van der Waals surface area contributed by atoms with E-state index in [0.717, 1.165) is 42.9 Å². The fourth-order valence-electron chi connectivity index (χ4n) is 3.18. The minimum absolute atomic E-state index is 0.0993. The van der Waals surface area contributed by atoms with Crippen molar-refractivity contribution in [3.8, 4) is 5.88 Å². The van der Waals surface area contributed by atoms with Crippen LogP contribution in [0.3, 0.4) is 0 Å². The lowest BCUT2D eigenvalue weighted by Crippen LogP contribution is -2.40. The molecular weight excluding hydrogens is 304 g/mol. The summed E-state index contributed by atoms with van der Waals surface area (Å²) in [4.78, 5) is 18.9. The number of carbonyl (C=O) groups excluding carboxylic acids is 1. The van der Waals surface area contributed by atoms with Crippen molar-refractivity contribution in [3.63, 3.8) is 0 Å². The molecule has 1 fully saturated rings. The van der Waals surface area contributed by atoms with Gasteiger partial charge in [-0.1, -0.05) is 6.07 Å². The SMILES string of the molecule is Cc1nn(C)c(C)c1C(=O)N1CCC(COc2ccccn2)CC1. The third kappa shape index (κ3) is 3.42. The summed E-state index contributed by atoms with van der Waals surface area (Å²) >= 11 is 0. The van der Waals surface area contributed by atoms with Crippen LogP contribution in [0.4, 0.5) is 0 Å². The number of hydrogen-bond acceptors (Lipinski definition) is 4. The van der Waals surface area contributed by atoms with Crippen LogP contribution in [-0.4, -0.2) is 45.3 Å². The van der Waals surface area contributed by atoms with Crippen molar-refractivity contribution in [1.82, 2.24) is 19.7 Å². The lowest BCUT2D eigenvalue weighted by molar-refractivity contribution is 0.0658. The Kier molecular flexibility index (Phi) is 4.83. The molecule has 0 bridgehead atoms. The molecule has 0 aliphatic carbocycles. The monoisotopic (exact) mass is 328 g/mol. The van der Waals surface area contributed by atoms with Crippen LogP contribution in [-0.2, 0) is 7.05 Å². The van der Waals surface area contributed by atoms with Crippen LogP contribution in [0.25, 0.3) is 0 Å². The summed E-state index contributed by atoms with van der Waals surface area (Å²) in [6.45, 7) is 6.03. The zero-order chi connectivity index (χ0) is 17.1. The first-order chi connectivity index (χ1) is 11.6. The van der Waals surface area contributed by atoms with Gasteiger partial charge in [0.1, 0.15) is 0 Å². The maximum Gasteiger partial charge on any atom is 0.257 e. The molecule has 0 spiro atoms. The van der Waals surface area contributed by atoms with Gasteiger partial charge >= 0.3 is 0 Å². The highest BCUT2D eigenvalue weighted by Crippen LogP contribution is 2.22. The second kappa shape index (κ2) is 7.03. The number of nitrogens with zero attached hydrogens (tertiary/aromatic N) is 4. The molecule has 0 radical (unpaired) electrons. The Balaban J connectivity index is 1.54. The summed E-state index contributed by atoms with van der Waals surface area (Å²) in [6, 6.07) is 5.66. The van der Waals surface area contributed by atoms with E-state index >= 15 is 0 Å². The zero-order valence-electron chi connectivity index (χ0n) is 14.5. The van der Waals surface area contributed by atoms with Crippen LogP contribution >= 0.6 is 0 Å². The van der Waals surface area contributed by atoms with Crippen LogP contribution in [0, 0.1) is 19.8 Å². The molecule has 1 aliphatic rings. The Morgan fingerprint density at radius 3 is 2.62 bits per heavy atom. The Labute approximate surface area is 142 Å². The van der Waals surface area contributed by atoms with Crippen molar-refractivity contribution in [3.05, 3.63) is 41.3 Å². The summed E-state index contributed by atoms with van der Waals surface area (Å²) < 4.78 is 7.51. The highest BCUT2D eigenvalue weighted by atomic mass is 16.5. The van der Waals surface area contributed by atoms with E-state index in [2.05, 4.69) is 10.1 Å². The average molecular weight is 328 g/mol. The first kappa shape index (κ1) is 16.5. The lowest BCUT2D eigenvalue weighted by Gasteiger charge is -2.32. The normalized spacial score (nSPS) is 15.5. The maximum atomic E-state index is 12.8. The van der Waals surface area contributed by atoms with Gasteiger partial charge < -0.3 is 9.64 Å². The van der Waals surface area contributed by atoms with Crippen molar-refractivity contribution < 1.29 is 9.53 Å². The summed E-state index contributed by atoms with van der Waals surface area (Å²) in [7, 11) is 1.88. The minimum Gasteiger partial charge on any atom is -0.477 e. The van der Waals surface area contributed by atoms with Gasteiger partial charge in [0, 0.05) is 38.1 Å². The molecule has 0 saturated carbocycles. The molecule has 3 rings (SSSR count). The number of pyridine rings is 1. The highest BCUT2D eigenvalue weighted by Gasteiger charge is 2.27. The van der Waals surface area contributed by atoms with Gasteiger partial charge in [0.2, 0.25) is 5.88 Å². The second-order valence-electron chi connectivity index (χ2n) is 6.38. The van der Waals surface area contributed by atoms with E-state index in [0.29, 0.717) is 18.4 Å². The first-order valence-corrected chi connectivity index (χ1v) is 8.39. The number of hydrogen-bond donors (Lipinski definition) is 0. The van der Waals surface area contributed by atoms with Gasteiger partial charge in [-0.3, -0.25) is 9.48 Å². The molecule has 1 aliphatic heterocycles. The van der Waals surface area contributed by atoms with Gasteiger partial charge in [-0.05, 0) is 38.7 Å². The summed E-state index contributed by atoms with van der Waals surface area (Å²) in [5, 5.41) is 4.35. The quantitative estimate of drug-likeness (QED) is 0.864. The van der Waals surface area contributed by atoms with Crippen LogP contribution in [0.5, 0.6) is 5.88 Å². The van der Waals surface area contributed by atoms with Gasteiger partial charge in [0.15, 0.2) is 0 Å². The molecule has 128 valence electrons. The number of likely N-dealkylation sites (tertiary alicyclic amines) is 1. The van der Waals surface area contributed by atoms with Crippen LogP contribution in [0.1, 0.15) is 34.6 Å². The molecule has 1 amide bonds. The third-order valence-electron chi connectivity index (χ3n) is 4.73. The van der Waals surface area contributed by atoms with Gasteiger partial charge in [-0.2, -0.15) is 5.10 Å². The number of aryl methyl sites for hydroxylation is 2. The Hall–Kier alpha value is -2.37. The van der Waals surface area contributed by atoms with E-state index in [1.54, 1.807) is 10.9 Å². The number of ether oxygens (including phenoxy) is 1. The molecule has 3 heterocycles. The number of carbonyl (C=O) groups is 1. The van der Waals surface area contributed by atoms with Gasteiger partial charge in [-0.25, -0.2) is 4.98 Å². The van der Waals surface area contributed by atoms with Crippen LogP contribution in [0.15, 0.2) is 24.4 Å². The predicted octanol–water partition coefficient (Wildman–Crippen LogP) is 2.36. The van der Waals surface area contributed by atoms with Crippen molar-refractivity contribution in [2.75, 3.05) is 19.7 Å². The van der Waals surface area contributed by atoms with Gasteiger partial charge in [0.05, 0.1) is 17.9 Å². The lowest BCUT2D eigenvalue weighted by atomic mass is 9.97. The summed E-state index contributed by atoms with van der Waals surface area (Å²) in [5.74, 6) is 1.23. The Morgan fingerprint density at radius 1 is 1.29 bits per heavy atom. The summed E-state index contributed by atoms with van der Waals surface area (Å²) in [6.07, 6.45) is 3.64. The molecule has 6 heteroatoms. The zero-order valence-corrected chi connectivity index (χ0v) is 14.5. The molecule has 0 N–H and O–H groups in total. The topological polar surface area (TPSA) is 60.2 Å². The second-order valence-corrected chi connectivity index (χ2v) is 6.38. The van der Waals surface area contributed by atoms with E-state index in [-0.39, 0.29) is 5.91 Å². The average Bonchev–Trinajstić information content (AvgIpc) is 2.86. The van der Waals surface area contributed by atoms with Crippen LogP contribution in [0.2, 0.25) is 0 Å². The molecule has 0 atom stereocenters. The summed E-state index contributed by atoms with van der Waals surface area (Å²) in [5.41, 5.74) is 2.49. The molecule has 0 unspecified atom stereocenters. The number of amides is 1. The van der Waals surface area contributed by atoms with Crippen molar-refractivity contribution in [1.29, 1.82) is 0 Å². The molecule has 24 heavy (non-hydrogen) atoms. The van der Waals surface area contributed by atoms with Crippen molar-refractivity contribution >= 4 is 5.91 Å². The molecule has 1 saturated heterocycles. The molecular formula is C18H24N4O2. The number of piperidine rings is 1. The predicted molar refractivity (Wildman–Crippen MR) is 91.0 cm³/mol. The van der Waals surface area contributed by atoms with Crippen molar-refractivity contribution in [2.45, 2.75) is 26.7 Å². The van der Waals surface area contributed by atoms with E-state index in [4.69, 9.17) is 4.74 Å². The largest absolute Gasteiger partial charge is 0.477 e. The van der Waals surface area contributed by atoms with Gasteiger partial charge in [0.25, 0.3) is 5.91 Å². The molecule has 0 aromatic carbocycles. The smallest absolute Gasteiger partial charge is 0.257 e. The molecule has 2 aromatic rings. The number of aromatic nitrogens is 3. The minimum atomic E-state index is 0.0993. The van der Waals surface area contributed by atoms with E-state index in [1.165, 1.54) is 0 Å². The van der Waals surface area contributed by atoms with E-state index in [9.17, 15) is 4.79 Å². The van der Waals surface area contributed by atoms with Gasteiger partial charge in [-0.15, -0.1) is 0 Å². The fourth-order valence-corrected chi connectivity index (χ4v) is 3.18. The van der Waals surface area contributed by atoms with E-state index < -0.39 is 0 Å². The number of rotatable bonds is 4. The third-order valence-corrected chi connectivity index (χ3v) is 4.73. The van der Waals surface area contributed by atoms with E-state index in [1.807, 2.05) is 44.0 Å². The fraction of sp³-hybridized carbons (Fsp3) is 0.500. The highest BCUT2D eigenvalue weighted by molar-refractivity contribution is 5.96. The van der Waals surface area contributed by atoms with Crippen molar-refractivity contribution in [2.24, 2.45) is 13.0 Å². The van der Waals surface area contributed by atoms with Crippen LogP contribution < -0.4 is 4.74 Å². The molecule has 6 nitrogen and oxygen atoms in total. The Bertz CT molecular complexity index is 703. The molecule has 2 aromatic heterocycles. The standard InChI is InChI=1S/C18H24N4O2/c1-13-17(14(2)21(3)20-13)18(23)22-10-7-15(8-11-22)12-24-16-6-4-5-9-19-16/h4-6,9,15H,7-8,10-12H2,1-3H3. The Morgan fingerprint density at radius 2 is 2.04 bits per heavy atom. The first-order valence-electron chi connectivity index (χ1n) is 8.39.